The third-order valence-electron chi connectivity index (χ3n) is 3.57. The second-order valence-corrected chi connectivity index (χ2v) is 4.69. The van der Waals surface area contributed by atoms with Gasteiger partial charge < -0.3 is 5.11 Å². The van der Waals surface area contributed by atoms with E-state index in [0.717, 1.165) is 12.1 Å². The molecule has 1 saturated heterocycles. The number of nitrogens with zero attached hydrogens (tertiary/aromatic N) is 1. The number of carbonyl (C=O) groups is 1. The van der Waals surface area contributed by atoms with Crippen LogP contribution in [0.2, 0.25) is 0 Å². The Morgan fingerprint density at radius 1 is 1.44 bits per heavy atom. The van der Waals surface area contributed by atoms with Crippen LogP contribution in [0, 0.1) is 17.6 Å². The molecule has 3 nitrogen and oxygen atoms in total. The zero-order valence-electron chi connectivity index (χ0n) is 10.1. The summed E-state index contributed by atoms with van der Waals surface area (Å²) in [5.74, 6) is -2.91. The van der Waals surface area contributed by atoms with Crippen LogP contribution in [0.4, 0.5) is 8.78 Å². The average molecular weight is 255 g/mol. The van der Waals surface area contributed by atoms with E-state index in [0.29, 0.717) is 25.1 Å². The van der Waals surface area contributed by atoms with Crippen LogP contribution in [0.3, 0.4) is 0 Å². The van der Waals surface area contributed by atoms with Crippen LogP contribution in [0.5, 0.6) is 0 Å². The van der Waals surface area contributed by atoms with Gasteiger partial charge in [0, 0.05) is 12.6 Å². The highest BCUT2D eigenvalue weighted by Crippen LogP contribution is 2.26. The van der Waals surface area contributed by atoms with Crippen molar-refractivity contribution in [3.8, 4) is 0 Å². The lowest BCUT2D eigenvalue weighted by Gasteiger charge is -2.23. The Hall–Kier alpha value is -1.49. The first-order valence-corrected chi connectivity index (χ1v) is 5.90. The molecular formula is C13H15F2NO2. The second kappa shape index (κ2) is 5.02. The highest BCUT2D eigenvalue weighted by molar-refractivity contribution is 5.71. The molecular weight excluding hydrogens is 240 g/mol. The van der Waals surface area contributed by atoms with Crippen LogP contribution < -0.4 is 0 Å². The first-order chi connectivity index (χ1) is 8.49. The lowest BCUT2D eigenvalue weighted by molar-refractivity contribution is -0.142. The third-order valence-corrected chi connectivity index (χ3v) is 3.57. The summed E-state index contributed by atoms with van der Waals surface area (Å²) in [6, 6.07) is 3.70. The number of halogens is 2. The van der Waals surface area contributed by atoms with Crippen LogP contribution >= 0.6 is 0 Å². The summed E-state index contributed by atoms with van der Waals surface area (Å²) in [4.78, 5) is 13.0. The van der Waals surface area contributed by atoms with Gasteiger partial charge in [0.25, 0.3) is 0 Å². The summed E-state index contributed by atoms with van der Waals surface area (Å²) in [6.07, 6.45) is 0.597. The molecule has 0 bridgehead atoms. The Bertz CT molecular complexity index is 464. The third kappa shape index (κ3) is 2.51. The summed E-state index contributed by atoms with van der Waals surface area (Å²) in [7, 11) is 0. The summed E-state index contributed by atoms with van der Waals surface area (Å²) in [6.45, 7) is 2.96. The smallest absolute Gasteiger partial charge is 0.308 e. The van der Waals surface area contributed by atoms with E-state index in [1.54, 1.807) is 0 Å². The number of aliphatic carboxylic acids is 1. The van der Waals surface area contributed by atoms with Gasteiger partial charge in [0.15, 0.2) is 11.6 Å². The van der Waals surface area contributed by atoms with Crippen molar-refractivity contribution >= 4 is 5.97 Å². The molecule has 0 aliphatic carbocycles. The molecule has 2 rings (SSSR count). The molecule has 2 atom stereocenters. The van der Waals surface area contributed by atoms with E-state index in [1.807, 2.05) is 11.8 Å². The summed E-state index contributed by atoms with van der Waals surface area (Å²) >= 11 is 0. The van der Waals surface area contributed by atoms with Crippen molar-refractivity contribution in [3.63, 3.8) is 0 Å². The van der Waals surface area contributed by atoms with Crippen molar-refractivity contribution in [2.45, 2.75) is 25.9 Å². The van der Waals surface area contributed by atoms with Crippen molar-refractivity contribution in [2.24, 2.45) is 5.92 Å². The van der Waals surface area contributed by atoms with E-state index in [2.05, 4.69) is 0 Å². The predicted octanol–water partition coefficient (Wildman–Crippen LogP) is 2.26. The fraction of sp³-hybridized carbons (Fsp3) is 0.462. The van der Waals surface area contributed by atoms with Gasteiger partial charge in [0.2, 0.25) is 0 Å². The van der Waals surface area contributed by atoms with E-state index in [4.69, 9.17) is 5.11 Å². The molecule has 1 fully saturated rings. The maximum atomic E-state index is 13.1. The number of hydrogen-bond donors (Lipinski definition) is 1. The van der Waals surface area contributed by atoms with Crippen molar-refractivity contribution in [3.05, 3.63) is 35.4 Å². The first kappa shape index (κ1) is 13.0. The number of benzene rings is 1. The van der Waals surface area contributed by atoms with Crippen LogP contribution in [-0.2, 0) is 11.3 Å². The van der Waals surface area contributed by atoms with Gasteiger partial charge >= 0.3 is 5.97 Å². The molecule has 0 amide bonds. The molecule has 98 valence electrons. The Morgan fingerprint density at radius 2 is 2.17 bits per heavy atom. The second-order valence-electron chi connectivity index (χ2n) is 4.69. The quantitative estimate of drug-likeness (QED) is 0.900. The van der Waals surface area contributed by atoms with E-state index in [1.165, 1.54) is 6.07 Å². The molecule has 1 N–H and O–H groups in total. The fourth-order valence-electron chi connectivity index (χ4n) is 2.43. The molecule has 1 aromatic carbocycles. The molecule has 0 spiro atoms. The zero-order valence-corrected chi connectivity index (χ0v) is 10.1. The molecule has 0 aromatic heterocycles. The number of rotatable bonds is 3. The standard InChI is InChI=1S/C13H15F2NO2/c1-8-10(13(17)18)4-5-16(8)7-9-2-3-11(14)12(15)6-9/h2-3,6,8,10H,4-5,7H2,1H3,(H,17,18). The van der Waals surface area contributed by atoms with E-state index in [9.17, 15) is 13.6 Å². The maximum Gasteiger partial charge on any atom is 0.308 e. The van der Waals surface area contributed by atoms with Crippen LogP contribution in [-0.4, -0.2) is 28.6 Å². The van der Waals surface area contributed by atoms with Gasteiger partial charge in [-0.25, -0.2) is 8.78 Å². The fourth-order valence-corrected chi connectivity index (χ4v) is 2.43. The monoisotopic (exact) mass is 255 g/mol. The Labute approximate surface area is 104 Å². The summed E-state index contributed by atoms with van der Waals surface area (Å²) < 4.78 is 25.9. The molecule has 2 unspecified atom stereocenters. The van der Waals surface area contributed by atoms with Crippen molar-refractivity contribution in [1.29, 1.82) is 0 Å². The van der Waals surface area contributed by atoms with Crippen LogP contribution in [0.15, 0.2) is 18.2 Å². The SMILES string of the molecule is CC1C(C(=O)O)CCN1Cc1ccc(F)c(F)c1. The maximum absolute atomic E-state index is 13.1. The Kier molecular flexibility index (Phi) is 3.61. The number of carboxylic acid groups (broad SMARTS) is 1. The average Bonchev–Trinajstić information content (AvgIpc) is 2.66. The Morgan fingerprint density at radius 3 is 2.72 bits per heavy atom. The summed E-state index contributed by atoms with van der Waals surface area (Å²) in [5, 5.41) is 9.01. The minimum Gasteiger partial charge on any atom is -0.481 e. The lowest BCUT2D eigenvalue weighted by atomic mass is 10.0. The van der Waals surface area contributed by atoms with Gasteiger partial charge in [-0.05, 0) is 37.6 Å². The largest absolute Gasteiger partial charge is 0.481 e. The zero-order chi connectivity index (χ0) is 13.3. The van der Waals surface area contributed by atoms with E-state index < -0.39 is 17.6 Å². The van der Waals surface area contributed by atoms with Gasteiger partial charge in [-0.2, -0.15) is 0 Å². The van der Waals surface area contributed by atoms with Crippen LogP contribution in [0.25, 0.3) is 0 Å². The highest BCUT2D eigenvalue weighted by Gasteiger charge is 2.35. The van der Waals surface area contributed by atoms with Gasteiger partial charge in [0.1, 0.15) is 0 Å². The summed E-state index contributed by atoms with van der Waals surface area (Å²) in [5.41, 5.74) is 0.659. The molecule has 0 radical (unpaired) electrons. The van der Waals surface area contributed by atoms with Gasteiger partial charge in [-0.15, -0.1) is 0 Å². The van der Waals surface area contributed by atoms with Gasteiger partial charge in [-0.1, -0.05) is 6.07 Å². The van der Waals surface area contributed by atoms with Crippen molar-refractivity contribution in [1.82, 2.24) is 4.90 Å². The topological polar surface area (TPSA) is 40.5 Å². The predicted molar refractivity (Wildman–Crippen MR) is 62.0 cm³/mol. The lowest BCUT2D eigenvalue weighted by Crippen LogP contribution is -2.32. The normalized spacial score (nSPS) is 24.4. The van der Waals surface area contributed by atoms with Gasteiger partial charge in [0.05, 0.1) is 5.92 Å². The van der Waals surface area contributed by atoms with Crippen molar-refractivity contribution in [2.75, 3.05) is 6.54 Å². The van der Waals surface area contributed by atoms with E-state index in [-0.39, 0.29) is 12.0 Å². The molecule has 1 aliphatic heterocycles. The molecule has 1 aliphatic rings. The number of carboxylic acids is 1. The number of likely N-dealkylation sites (tertiary alicyclic amines) is 1. The molecule has 18 heavy (non-hydrogen) atoms. The van der Waals surface area contributed by atoms with Gasteiger partial charge in [-0.3, -0.25) is 9.69 Å². The molecule has 0 saturated carbocycles. The first-order valence-electron chi connectivity index (χ1n) is 5.90. The molecule has 1 heterocycles. The minimum atomic E-state index is -0.867. The highest BCUT2D eigenvalue weighted by atomic mass is 19.2. The van der Waals surface area contributed by atoms with Crippen LogP contribution in [0.1, 0.15) is 18.9 Å². The molecule has 5 heteroatoms. The number of hydrogen-bond acceptors (Lipinski definition) is 2. The van der Waals surface area contributed by atoms with E-state index >= 15 is 0 Å². The van der Waals surface area contributed by atoms with Crippen molar-refractivity contribution < 1.29 is 18.7 Å². The Balaban J connectivity index is 2.06. The minimum absolute atomic E-state index is 0.0874. The molecule has 1 aromatic rings.